The number of nitrogens with one attached hydrogen (secondary N) is 1. The van der Waals surface area contributed by atoms with Crippen molar-refractivity contribution in [3.05, 3.63) is 28.6 Å². The molecule has 3 rings (SSSR count). The van der Waals surface area contributed by atoms with E-state index in [-0.39, 0.29) is 12.0 Å². The molecule has 0 spiro atoms. The number of aromatic amines is 1. The van der Waals surface area contributed by atoms with Gasteiger partial charge in [-0.25, -0.2) is 4.98 Å². The van der Waals surface area contributed by atoms with Crippen molar-refractivity contribution in [1.29, 1.82) is 0 Å². The fourth-order valence-electron chi connectivity index (χ4n) is 3.63. The number of amides is 1. The molecule has 1 aliphatic carbocycles. The number of H-pyrrole nitrogens is 1. The molecule has 1 aliphatic rings. The van der Waals surface area contributed by atoms with Gasteiger partial charge >= 0.3 is 0 Å². The van der Waals surface area contributed by atoms with Gasteiger partial charge < -0.3 is 15.8 Å². The number of aromatic nitrogens is 2. The Morgan fingerprint density at radius 2 is 2.23 bits per heavy atom. The molecular formula is C21H27N3O2. The summed E-state index contributed by atoms with van der Waals surface area (Å²) in [6, 6.07) is 2.11. The van der Waals surface area contributed by atoms with Gasteiger partial charge in [0.1, 0.15) is 11.2 Å². The van der Waals surface area contributed by atoms with Gasteiger partial charge in [-0.15, -0.1) is 0 Å². The van der Waals surface area contributed by atoms with E-state index >= 15 is 0 Å². The quantitative estimate of drug-likeness (QED) is 0.585. The van der Waals surface area contributed by atoms with Gasteiger partial charge in [0.25, 0.3) is 5.91 Å². The second kappa shape index (κ2) is 7.13. The number of fused-ring (bicyclic) bond motifs is 2. The summed E-state index contributed by atoms with van der Waals surface area (Å²) in [5, 5.41) is 8.89. The molecule has 0 radical (unpaired) electrons. The van der Waals surface area contributed by atoms with Gasteiger partial charge in [-0.05, 0) is 48.6 Å². The molecule has 5 heteroatoms. The van der Waals surface area contributed by atoms with Crippen LogP contribution in [0, 0.1) is 23.2 Å². The SMILES string of the molecule is CC(C)(C)C1CCc2nc3c(C#CCCCO)c(C(N)=O)[nH]c3cc2C1. The number of aliphatic hydroxyl groups excluding tert-OH is 1. The number of pyridine rings is 1. The number of aliphatic hydroxyl groups is 1. The molecule has 2 aromatic rings. The average molecular weight is 353 g/mol. The zero-order valence-electron chi connectivity index (χ0n) is 15.8. The van der Waals surface area contributed by atoms with E-state index in [2.05, 4.69) is 43.7 Å². The van der Waals surface area contributed by atoms with Crippen molar-refractivity contribution in [3.63, 3.8) is 0 Å². The number of nitrogens with zero attached hydrogens (tertiary/aromatic N) is 1. The van der Waals surface area contributed by atoms with E-state index in [1.807, 2.05) is 0 Å². The molecule has 0 bridgehead atoms. The van der Waals surface area contributed by atoms with Crippen molar-refractivity contribution in [2.24, 2.45) is 17.1 Å². The highest BCUT2D eigenvalue weighted by Gasteiger charge is 2.30. The molecule has 26 heavy (non-hydrogen) atoms. The second-order valence-electron chi connectivity index (χ2n) is 8.16. The largest absolute Gasteiger partial charge is 0.396 e. The summed E-state index contributed by atoms with van der Waals surface area (Å²) in [5.74, 6) is 6.14. The molecule has 5 nitrogen and oxygen atoms in total. The van der Waals surface area contributed by atoms with Crippen LogP contribution in [0.1, 0.15) is 67.3 Å². The van der Waals surface area contributed by atoms with E-state index in [0.29, 0.717) is 30.0 Å². The Kier molecular flexibility index (Phi) is 5.06. The summed E-state index contributed by atoms with van der Waals surface area (Å²) >= 11 is 0. The van der Waals surface area contributed by atoms with Crippen LogP contribution >= 0.6 is 0 Å². The molecule has 0 saturated heterocycles. The first-order chi connectivity index (χ1) is 12.3. The highest BCUT2D eigenvalue weighted by Crippen LogP contribution is 2.37. The predicted octanol–water partition coefficient (Wildman–Crippen LogP) is 2.94. The zero-order chi connectivity index (χ0) is 18.9. The molecule has 2 heterocycles. The second-order valence-corrected chi connectivity index (χ2v) is 8.16. The number of carbonyl (C=O) groups is 1. The third-order valence-corrected chi connectivity index (χ3v) is 5.28. The number of carbonyl (C=O) groups excluding carboxylic acids is 1. The first kappa shape index (κ1) is 18.5. The normalized spacial score (nSPS) is 16.8. The summed E-state index contributed by atoms with van der Waals surface area (Å²) in [6.07, 6.45) is 4.25. The van der Waals surface area contributed by atoms with Crippen LogP contribution < -0.4 is 5.73 Å². The fourth-order valence-corrected chi connectivity index (χ4v) is 3.63. The van der Waals surface area contributed by atoms with Crippen molar-refractivity contribution in [1.82, 2.24) is 9.97 Å². The van der Waals surface area contributed by atoms with Crippen molar-refractivity contribution in [2.45, 2.75) is 52.9 Å². The highest BCUT2D eigenvalue weighted by atomic mass is 16.2. The number of primary amides is 1. The van der Waals surface area contributed by atoms with Crippen LogP contribution in [0.5, 0.6) is 0 Å². The van der Waals surface area contributed by atoms with Crippen LogP contribution in [0.4, 0.5) is 0 Å². The first-order valence-electron chi connectivity index (χ1n) is 9.25. The van der Waals surface area contributed by atoms with E-state index < -0.39 is 5.91 Å². The lowest BCUT2D eigenvalue weighted by molar-refractivity contribution is 0.0996. The topological polar surface area (TPSA) is 92.0 Å². The van der Waals surface area contributed by atoms with Gasteiger partial charge in [0.2, 0.25) is 0 Å². The monoisotopic (exact) mass is 353 g/mol. The summed E-state index contributed by atoms with van der Waals surface area (Å²) in [6.45, 7) is 6.96. The molecule has 2 aromatic heterocycles. The minimum absolute atomic E-state index is 0.103. The molecule has 0 aliphatic heterocycles. The van der Waals surface area contributed by atoms with E-state index in [9.17, 15) is 4.79 Å². The molecular weight excluding hydrogens is 326 g/mol. The average Bonchev–Trinajstić information content (AvgIpc) is 2.93. The molecule has 4 N–H and O–H groups in total. The highest BCUT2D eigenvalue weighted by molar-refractivity contribution is 6.01. The van der Waals surface area contributed by atoms with Crippen molar-refractivity contribution < 1.29 is 9.90 Å². The number of aryl methyl sites for hydroxylation is 1. The Hall–Kier alpha value is -2.32. The Morgan fingerprint density at radius 1 is 1.46 bits per heavy atom. The smallest absolute Gasteiger partial charge is 0.266 e. The molecule has 0 aromatic carbocycles. The molecule has 1 atom stereocenters. The molecule has 138 valence electrons. The van der Waals surface area contributed by atoms with E-state index in [1.54, 1.807) is 0 Å². The minimum Gasteiger partial charge on any atom is -0.396 e. The van der Waals surface area contributed by atoms with Crippen LogP contribution in [0.15, 0.2) is 6.07 Å². The van der Waals surface area contributed by atoms with E-state index in [1.165, 1.54) is 5.56 Å². The number of hydrogen-bond acceptors (Lipinski definition) is 3. The third kappa shape index (κ3) is 3.61. The molecule has 1 amide bonds. The van der Waals surface area contributed by atoms with Gasteiger partial charge in [-0.3, -0.25) is 4.79 Å². The first-order valence-corrected chi connectivity index (χ1v) is 9.25. The van der Waals surface area contributed by atoms with Crippen LogP contribution in [0.3, 0.4) is 0 Å². The predicted molar refractivity (Wildman–Crippen MR) is 103 cm³/mol. The maximum atomic E-state index is 11.8. The third-order valence-electron chi connectivity index (χ3n) is 5.28. The van der Waals surface area contributed by atoms with Crippen LogP contribution in [-0.4, -0.2) is 27.6 Å². The Balaban J connectivity index is 2.04. The lowest BCUT2D eigenvalue weighted by Crippen LogP contribution is -2.27. The molecule has 0 fully saturated rings. The maximum absolute atomic E-state index is 11.8. The molecule has 1 unspecified atom stereocenters. The van der Waals surface area contributed by atoms with Gasteiger partial charge in [0.15, 0.2) is 0 Å². The van der Waals surface area contributed by atoms with Gasteiger partial charge in [-0.1, -0.05) is 32.6 Å². The van der Waals surface area contributed by atoms with Crippen LogP contribution in [0.2, 0.25) is 0 Å². The summed E-state index contributed by atoms with van der Waals surface area (Å²) in [7, 11) is 0. The lowest BCUT2D eigenvalue weighted by Gasteiger charge is -2.34. The van der Waals surface area contributed by atoms with Gasteiger partial charge in [-0.2, -0.15) is 0 Å². The molecule has 0 saturated carbocycles. The van der Waals surface area contributed by atoms with Crippen molar-refractivity contribution >= 4 is 16.9 Å². The van der Waals surface area contributed by atoms with Crippen LogP contribution in [0.25, 0.3) is 11.0 Å². The number of nitrogens with two attached hydrogens (primary N) is 1. The van der Waals surface area contributed by atoms with E-state index in [4.69, 9.17) is 15.8 Å². The number of hydrogen-bond donors (Lipinski definition) is 3. The summed E-state index contributed by atoms with van der Waals surface area (Å²) < 4.78 is 0. The lowest BCUT2D eigenvalue weighted by atomic mass is 9.71. The summed E-state index contributed by atoms with van der Waals surface area (Å²) in [4.78, 5) is 19.8. The minimum atomic E-state index is -0.528. The Bertz CT molecular complexity index is 894. The van der Waals surface area contributed by atoms with Gasteiger partial charge in [0.05, 0.1) is 11.1 Å². The number of rotatable bonds is 3. The Labute approximate surface area is 154 Å². The van der Waals surface area contributed by atoms with Crippen molar-refractivity contribution in [3.8, 4) is 11.8 Å². The van der Waals surface area contributed by atoms with Crippen molar-refractivity contribution in [2.75, 3.05) is 6.61 Å². The fraction of sp³-hybridized carbons (Fsp3) is 0.524. The van der Waals surface area contributed by atoms with Gasteiger partial charge in [0, 0.05) is 18.7 Å². The summed E-state index contributed by atoms with van der Waals surface area (Å²) in [5.41, 5.74) is 10.6. The standard InChI is InChI=1S/C21H27N3O2/c1-21(2,3)14-8-9-16-13(11-14)12-17-18(23-16)15(7-5-4-6-10-25)19(24-17)20(22)26/h12,14,24-25H,4,6,8-11H2,1-3H3,(H2,22,26). The Morgan fingerprint density at radius 3 is 2.88 bits per heavy atom. The van der Waals surface area contributed by atoms with E-state index in [0.717, 1.165) is 36.0 Å². The van der Waals surface area contributed by atoms with Crippen LogP contribution in [-0.2, 0) is 12.8 Å². The number of unbranched alkanes of at least 4 members (excludes halogenated alkanes) is 1. The zero-order valence-corrected chi connectivity index (χ0v) is 15.8. The maximum Gasteiger partial charge on any atom is 0.266 e.